The lowest BCUT2D eigenvalue weighted by molar-refractivity contribution is -0.192. The number of aromatic nitrogens is 4. The number of rotatable bonds is 4. The van der Waals surface area contributed by atoms with E-state index in [9.17, 15) is 13.2 Å². The number of likely N-dealkylation sites (tertiary alicyclic amines) is 1. The highest BCUT2D eigenvalue weighted by atomic mass is 19.4. The maximum absolute atomic E-state index is 10.6. The average molecular weight is 487 g/mol. The molecule has 0 spiro atoms. The summed E-state index contributed by atoms with van der Waals surface area (Å²) in [6.07, 6.45) is 4.30. The molecule has 1 aromatic carbocycles. The van der Waals surface area contributed by atoms with Crippen LogP contribution in [0.15, 0.2) is 55.2 Å². The van der Waals surface area contributed by atoms with Crippen molar-refractivity contribution in [3.8, 4) is 0 Å². The van der Waals surface area contributed by atoms with E-state index in [0.29, 0.717) is 6.04 Å². The van der Waals surface area contributed by atoms with E-state index in [1.165, 1.54) is 5.56 Å². The summed E-state index contributed by atoms with van der Waals surface area (Å²) in [5.74, 6) is -1.94. The molecule has 4 N–H and O–H groups in total. The highest BCUT2D eigenvalue weighted by molar-refractivity contribution is 5.95. The van der Waals surface area contributed by atoms with Crippen LogP contribution in [0.5, 0.6) is 0 Å². The number of carboxylic acids is 1. The molecule has 0 radical (unpaired) electrons. The largest absolute Gasteiger partial charge is 0.490 e. The van der Waals surface area contributed by atoms with Crippen molar-refractivity contribution in [3.63, 3.8) is 0 Å². The minimum atomic E-state index is -5.08. The summed E-state index contributed by atoms with van der Waals surface area (Å²) in [4.78, 5) is 20.1. The summed E-state index contributed by atoms with van der Waals surface area (Å²) >= 11 is 0. The van der Waals surface area contributed by atoms with Gasteiger partial charge in [-0.3, -0.25) is 9.88 Å². The first-order valence-corrected chi connectivity index (χ1v) is 10.9. The fraction of sp³-hybridized carbons (Fsp3) is 0.304. The number of carboxylic acid groups (broad SMARTS) is 1. The lowest BCUT2D eigenvalue weighted by Crippen LogP contribution is -2.39. The van der Waals surface area contributed by atoms with Crippen molar-refractivity contribution in [1.82, 2.24) is 24.5 Å². The van der Waals surface area contributed by atoms with Gasteiger partial charge < -0.3 is 16.2 Å². The lowest BCUT2D eigenvalue weighted by Gasteiger charge is -2.29. The number of pyridine rings is 1. The molecule has 1 aliphatic rings. The zero-order chi connectivity index (χ0) is 25.0. The van der Waals surface area contributed by atoms with E-state index >= 15 is 0 Å². The third-order valence-corrected chi connectivity index (χ3v) is 5.74. The predicted molar refractivity (Wildman–Crippen MR) is 124 cm³/mol. The van der Waals surface area contributed by atoms with Gasteiger partial charge in [0.2, 0.25) is 0 Å². The number of nitrogens with zero attached hydrogens (tertiary/aromatic N) is 5. The number of nitrogens with two attached hydrogens (primary N) is 1. The van der Waals surface area contributed by atoms with E-state index in [4.69, 9.17) is 15.6 Å². The van der Waals surface area contributed by atoms with Crippen LogP contribution in [0.3, 0.4) is 0 Å². The third kappa shape index (κ3) is 5.84. The molecule has 0 saturated carbocycles. The van der Waals surface area contributed by atoms with E-state index in [1.807, 2.05) is 35.2 Å². The molecule has 0 unspecified atom stereocenters. The number of hydrogen-bond acceptors (Lipinski definition) is 7. The summed E-state index contributed by atoms with van der Waals surface area (Å²) in [5.41, 5.74) is 9.30. The van der Waals surface area contributed by atoms with Crippen molar-refractivity contribution in [3.05, 3.63) is 60.8 Å². The van der Waals surface area contributed by atoms with Gasteiger partial charge in [0.1, 0.15) is 11.8 Å². The van der Waals surface area contributed by atoms with Crippen molar-refractivity contribution in [2.45, 2.75) is 31.6 Å². The van der Waals surface area contributed by atoms with Crippen LogP contribution >= 0.6 is 0 Å². The number of aliphatic carboxylic acids is 1. The zero-order valence-corrected chi connectivity index (χ0v) is 18.6. The predicted octanol–water partition coefficient (Wildman–Crippen LogP) is 3.58. The van der Waals surface area contributed by atoms with Crippen molar-refractivity contribution in [1.29, 1.82) is 0 Å². The molecule has 4 aromatic rings. The van der Waals surface area contributed by atoms with Gasteiger partial charge in [-0.05, 0) is 49.7 Å². The molecule has 9 nitrogen and oxygen atoms in total. The molecule has 1 fully saturated rings. The minimum Gasteiger partial charge on any atom is -0.475 e. The molecule has 0 atom stereocenters. The molecule has 3 aromatic heterocycles. The van der Waals surface area contributed by atoms with Crippen LogP contribution < -0.4 is 11.1 Å². The van der Waals surface area contributed by atoms with Crippen LogP contribution in [0, 0.1) is 0 Å². The summed E-state index contributed by atoms with van der Waals surface area (Å²) in [6.45, 7) is 2.95. The highest BCUT2D eigenvalue weighted by Crippen LogP contribution is 2.29. The molecule has 5 rings (SSSR count). The second-order valence-electron chi connectivity index (χ2n) is 8.19. The Morgan fingerprint density at radius 1 is 1.20 bits per heavy atom. The minimum absolute atomic E-state index is 0.337. The van der Waals surface area contributed by atoms with E-state index < -0.39 is 12.1 Å². The van der Waals surface area contributed by atoms with Gasteiger partial charge >= 0.3 is 12.1 Å². The fourth-order valence-corrected chi connectivity index (χ4v) is 3.95. The quantitative estimate of drug-likeness (QED) is 0.399. The number of fused-ring (bicyclic) bond motifs is 2. The monoisotopic (exact) mass is 487 g/mol. The maximum Gasteiger partial charge on any atom is 0.490 e. The molecule has 1 saturated heterocycles. The summed E-state index contributed by atoms with van der Waals surface area (Å²) in [5, 5.41) is 17.2. The van der Waals surface area contributed by atoms with E-state index in [1.54, 1.807) is 6.33 Å². The molecule has 12 heteroatoms. The van der Waals surface area contributed by atoms with Crippen LogP contribution in [0.1, 0.15) is 18.4 Å². The molecule has 0 bridgehead atoms. The van der Waals surface area contributed by atoms with Gasteiger partial charge in [0.05, 0.1) is 0 Å². The van der Waals surface area contributed by atoms with E-state index in [2.05, 4.69) is 43.5 Å². The van der Waals surface area contributed by atoms with Crippen LogP contribution in [-0.4, -0.2) is 60.9 Å². The Hall–Kier alpha value is -3.77. The first kappa shape index (κ1) is 24.4. The number of anilines is 2. The molecule has 0 aliphatic carbocycles. The van der Waals surface area contributed by atoms with Gasteiger partial charge in [0, 0.05) is 47.6 Å². The SMILES string of the molecule is NC1CCN(Cc2ccn3ncnc(Nc4cccc5cnccc45)c23)CC1.O=C(O)C(F)(F)F. The van der Waals surface area contributed by atoms with Crippen LogP contribution in [0.4, 0.5) is 24.7 Å². The highest BCUT2D eigenvalue weighted by Gasteiger charge is 2.38. The zero-order valence-electron chi connectivity index (χ0n) is 18.6. The summed E-state index contributed by atoms with van der Waals surface area (Å²) in [6, 6.07) is 10.6. The molecule has 4 heterocycles. The smallest absolute Gasteiger partial charge is 0.475 e. The normalized spacial score (nSPS) is 15.1. The average Bonchev–Trinajstić information content (AvgIpc) is 3.24. The van der Waals surface area contributed by atoms with Crippen LogP contribution in [0.2, 0.25) is 0 Å². The van der Waals surface area contributed by atoms with Gasteiger partial charge in [0.15, 0.2) is 5.82 Å². The second-order valence-corrected chi connectivity index (χ2v) is 8.19. The number of carbonyl (C=O) groups is 1. The van der Waals surface area contributed by atoms with Crippen molar-refractivity contribution in [2.75, 3.05) is 18.4 Å². The van der Waals surface area contributed by atoms with E-state index in [-0.39, 0.29) is 0 Å². The Labute approximate surface area is 198 Å². The van der Waals surface area contributed by atoms with Gasteiger partial charge in [-0.2, -0.15) is 18.3 Å². The molecule has 35 heavy (non-hydrogen) atoms. The Kier molecular flexibility index (Phi) is 7.12. The van der Waals surface area contributed by atoms with Crippen LogP contribution in [0.25, 0.3) is 16.3 Å². The number of benzene rings is 1. The molecular formula is C23H24F3N7O2. The van der Waals surface area contributed by atoms with E-state index in [0.717, 1.165) is 60.3 Å². The molecule has 1 aliphatic heterocycles. The molecular weight excluding hydrogens is 463 g/mol. The number of hydrogen-bond donors (Lipinski definition) is 3. The Balaban J connectivity index is 0.000000364. The van der Waals surface area contributed by atoms with Gasteiger partial charge in [-0.1, -0.05) is 12.1 Å². The Morgan fingerprint density at radius 2 is 1.94 bits per heavy atom. The Morgan fingerprint density at radius 3 is 2.66 bits per heavy atom. The van der Waals surface area contributed by atoms with Crippen molar-refractivity contribution < 1.29 is 23.1 Å². The molecule has 0 amide bonds. The first-order valence-electron chi connectivity index (χ1n) is 10.9. The number of halogens is 3. The fourth-order valence-electron chi connectivity index (χ4n) is 3.95. The standard InChI is InChI=1S/C21H23N7.C2HF3O2/c22-17-6-9-27(10-7-17)13-16-5-11-28-20(16)21(24-14-25-28)26-19-3-1-2-15-12-23-8-4-18(15)19;3-2(4,5)1(6)7/h1-5,8,11-12,14,17H,6-7,9-10,13,22H2,(H,24,25,26);(H,6,7). The number of piperidine rings is 1. The van der Waals surface area contributed by atoms with Crippen LogP contribution in [-0.2, 0) is 11.3 Å². The van der Waals surface area contributed by atoms with Crippen molar-refractivity contribution in [2.24, 2.45) is 5.73 Å². The van der Waals surface area contributed by atoms with Gasteiger partial charge in [0.25, 0.3) is 0 Å². The second kappa shape index (κ2) is 10.2. The third-order valence-electron chi connectivity index (χ3n) is 5.74. The first-order chi connectivity index (χ1) is 16.7. The Bertz CT molecular complexity index is 1310. The van der Waals surface area contributed by atoms with Crippen molar-refractivity contribution >= 4 is 33.8 Å². The lowest BCUT2D eigenvalue weighted by atomic mass is 10.1. The maximum atomic E-state index is 10.6. The summed E-state index contributed by atoms with van der Waals surface area (Å²) < 4.78 is 33.6. The topological polar surface area (TPSA) is 122 Å². The van der Waals surface area contributed by atoms with Gasteiger partial charge in [-0.25, -0.2) is 14.3 Å². The molecule has 184 valence electrons. The number of nitrogens with one attached hydrogen (secondary N) is 1. The number of alkyl halides is 3. The summed E-state index contributed by atoms with van der Waals surface area (Å²) in [7, 11) is 0. The van der Waals surface area contributed by atoms with Gasteiger partial charge in [-0.15, -0.1) is 0 Å².